The van der Waals surface area contributed by atoms with Crippen LogP contribution in [-0.4, -0.2) is 4.98 Å². The Morgan fingerprint density at radius 1 is 0.923 bits per heavy atom. The van der Waals surface area contributed by atoms with Gasteiger partial charge in [0, 0.05) is 6.20 Å². The quantitative estimate of drug-likeness (QED) is 0.491. The van der Waals surface area contributed by atoms with Gasteiger partial charge in [0.05, 0.1) is 5.56 Å². The topological polar surface area (TPSA) is 12.9 Å². The molecular formula is C11H7IN+. The zero-order valence-electron chi connectivity index (χ0n) is 6.87. The van der Waals surface area contributed by atoms with Crippen LogP contribution in [0.25, 0.3) is 11.3 Å². The molecule has 0 N–H and O–H groups in total. The molecule has 0 fully saturated rings. The minimum Gasteiger partial charge on any atom is -0.251 e. The minimum absolute atomic E-state index is 0.0403. The standard InChI is InChI=1S/C11H7IN/c1-2-5-9-8(4-1)11-10(12-9)6-3-7-13-11/h1-7H/q+1. The molecule has 1 nitrogen and oxygen atoms in total. The first kappa shape index (κ1) is 7.50. The fraction of sp³-hybridized carbons (Fsp3) is 0. The number of hydrogen-bond acceptors (Lipinski definition) is 1. The Morgan fingerprint density at radius 3 is 2.77 bits per heavy atom. The summed E-state index contributed by atoms with van der Waals surface area (Å²) in [5.74, 6) is 0. The highest BCUT2D eigenvalue weighted by Gasteiger charge is 2.33. The van der Waals surface area contributed by atoms with Gasteiger partial charge in [0.2, 0.25) is 7.14 Å². The van der Waals surface area contributed by atoms with E-state index in [0.717, 1.165) is 0 Å². The summed E-state index contributed by atoms with van der Waals surface area (Å²) in [5.41, 5.74) is 2.57. The number of rotatable bonds is 0. The number of halogens is 1. The van der Waals surface area contributed by atoms with Crippen LogP contribution in [-0.2, 0) is 0 Å². The molecule has 0 saturated heterocycles. The highest BCUT2D eigenvalue weighted by Crippen LogP contribution is 2.18. The van der Waals surface area contributed by atoms with E-state index in [1.54, 1.807) is 0 Å². The van der Waals surface area contributed by atoms with Crippen molar-refractivity contribution in [2.75, 3.05) is 0 Å². The van der Waals surface area contributed by atoms with Crippen molar-refractivity contribution >= 4 is 0 Å². The Kier molecular flexibility index (Phi) is 1.62. The third kappa shape index (κ3) is 1.09. The molecule has 13 heavy (non-hydrogen) atoms. The fourth-order valence-corrected chi connectivity index (χ4v) is 4.32. The molecule has 1 aliphatic heterocycles. The van der Waals surface area contributed by atoms with Gasteiger partial charge >= 0.3 is 21.2 Å². The van der Waals surface area contributed by atoms with E-state index in [4.69, 9.17) is 0 Å². The van der Waals surface area contributed by atoms with Crippen LogP contribution in [0, 0.1) is 7.14 Å². The number of pyridine rings is 1. The Morgan fingerprint density at radius 2 is 1.77 bits per heavy atom. The molecule has 2 heteroatoms. The zero-order valence-corrected chi connectivity index (χ0v) is 9.02. The van der Waals surface area contributed by atoms with E-state index in [1.807, 2.05) is 12.3 Å². The van der Waals surface area contributed by atoms with Gasteiger partial charge in [0.1, 0.15) is 5.69 Å². The van der Waals surface area contributed by atoms with E-state index in [-0.39, 0.29) is 21.2 Å². The summed E-state index contributed by atoms with van der Waals surface area (Å²) in [7, 11) is 0. The van der Waals surface area contributed by atoms with Gasteiger partial charge in [-0.25, -0.2) is 0 Å². The molecule has 1 aromatic carbocycles. The Labute approximate surface area is 87.1 Å². The van der Waals surface area contributed by atoms with Crippen molar-refractivity contribution in [2.45, 2.75) is 0 Å². The molecule has 0 unspecified atom stereocenters. The summed E-state index contributed by atoms with van der Waals surface area (Å²) in [4.78, 5) is 4.43. The Hall–Kier alpha value is -0.900. The fourth-order valence-electron chi connectivity index (χ4n) is 1.51. The van der Waals surface area contributed by atoms with Crippen molar-refractivity contribution in [2.24, 2.45) is 0 Å². The average Bonchev–Trinajstić information content (AvgIpc) is 2.56. The van der Waals surface area contributed by atoms with E-state index in [1.165, 1.54) is 18.4 Å². The van der Waals surface area contributed by atoms with Crippen molar-refractivity contribution in [3.8, 4) is 11.3 Å². The normalized spacial score (nSPS) is 12.3. The lowest BCUT2D eigenvalue weighted by atomic mass is 10.1. The van der Waals surface area contributed by atoms with E-state index in [2.05, 4.69) is 35.3 Å². The van der Waals surface area contributed by atoms with Crippen LogP contribution in [0.1, 0.15) is 0 Å². The second kappa shape index (κ2) is 2.80. The first-order valence-corrected chi connectivity index (χ1v) is 6.30. The summed E-state index contributed by atoms with van der Waals surface area (Å²) in [6.07, 6.45) is 1.88. The van der Waals surface area contributed by atoms with Crippen molar-refractivity contribution in [3.05, 3.63) is 49.7 Å². The highest BCUT2D eigenvalue weighted by atomic mass is 127. The van der Waals surface area contributed by atoms with Gasteiger partial charge in [-0.15, -0.1) is 0 Å². The molecule has 2 heterocycles. The number of aromatic nitrogens is 1. The molecule has 0 amide bonds. The summed E-state index contributed by atoms with van der Waals surface area (Å²) in [6.45, 7) is 0. The van der Waals surface area contributed by atoms with Crippen LogP contribution in [0.2, 0.25) is 0 Å². The lowest BCUT2D eigenvalue weighted by molar-refractivity contribution is -0.590. The third-order valence-electron chi connectivity index (χ3n) is 2.09. The lowest BCUT2D eigenvalue weighted by Gasteiger charge is -1.90. The van der Waals surface area contributed by atoms with Crippen LogP contribution in [0.4, 0.5) is 0 Å². The van der Waals surface area contributed by atoms with Crippen LogP contribution < -0.4 is 21.2 Å². The Balaban J connectivity index is 2.32. The van der Waals surface area contributed by atoms with Crippen LogP contribution in [0.3, 0.4) is 0 Å². The number of benzene rings is 1. The van der Waals surface area contributed by atoms with Crippen molar-refractivity contribution in [3.63, 3.8) is 0 Å². The van der Waals surface area contributed by atoms with Crippen LogP contribution >= 0.6 is 0 Å². The first-order valence-electron chi connectivity index (χ1n) is 4.14. The SMILES string of the molecule is c1ccc2c(c1)[I+]c1cccnc1-2. The van der Waals surface area contributed by atoms with Gasteiger partial charge in [0.25, 0.3) is 0 Å². The molecule has 1 aromatic heterocycles. The summed E-state index contributed by atoms with van der Waals surface area (Å²) < 4.78 is 2.97. The van der Waals surface area contributed by atoms with Gasteiger partial charge < -0.3 is 0 Å². The molecule has 62 valence electrons. The summed E-state index contributed by atoms with van der Waals surface area (Å²) >= 11 is 0.0403. The molecule has 0 spiro atoms. The van der Waals surface area contributed by atoms with Crippen LogP contribution in [0.15, 0.2) is 42.6 Å². The number of nitrogens with zero attached hydrogens (tertiary/aromatic N) is 1. The molecule has 0 atom stereocenters. The second-order valence-corrected chi connectivity index (χ2v) is 5.77. The molecule has 0 aliphatic carbocycles. The average molecular weight is 280 g/mol. The largest absolute Gasteiger partial charge is 0.361 e. The second-order valence-electron chi connectivity index (χ2n) is 2.91. The number of hydrogen-bond donors (Lipinski definition) is 0. The maximum absolute atomic E-state index is 4.43. The smallest absolute Gasteiger partial charge is 0.251 e. The minimum atomic E-state index is 0.0403. The molecule has 0 saturated carbocycles. The maximum atomic E-state index is 4.43. The molecule has 2 aromatic rings. The van der Waals surface area contributed by atoms with Crippen molar-refractivity contribution in [1.82, 2.24) is 4.98 Å². The Bertz CT molecular complexity index is 422. The third-order valence-corrected chi connectivity index (χ3v) is 5.06. The van der Waals surface area contributed by atoms with Crippen LogP contribution in [0.5, 0.6) is 0 Å². The predicted octanol–water partition coefficient (Wildman–Crippen LogP) is -0.810. The van der Waals surface area contributed by atoms with Crippen molar-refractivity contribution < 1.29 is 21.2 Å². The van der Waals surface area contributed by atoms with Gasteiger partial charge in [-0.3, -0.25) is 4.98 Å². The number of fused-ring (bicyclic) bond motifs is 3. The van der Waals surface area contributed by atoms with E-state index in [9.17, 15) is 0 Å². The van der Waals surface area contributed by atoms with E-state index < -0.39 is 0 Å². The van der Waals surface area contributed by atoms with E-state index >= 15 is 0 Å². The lowest BCUT2D eigenvalue weighted by Crippen LogP contribution is -3.61. The van der Waals surface area contributed by atoms with Gasteiger partial charge in [0.15, 0.2) is 0 Å². The molecule has 0 radical (unpaired) electrons. The molecule has 0 bridgehead atoms. The predicted molar refractivity (Wildman–Crippen MR) is 47.1 cm³/mol. The summed E-state index contributed by atoms with van der Waals surface area (Å²) in [6, 6.07) is 12.8. The van der Waals surface area contributed by atoms with Crippen molar-refractivity contribution in [1.29, 1.82) is 0 Å². The molecule has 3 rings (SSSR count). The van der Waals surface area contributed by atoms with Gasteiger partial charge in [-0.2, -0.15) is 0 Å². The van der Waals surface area contributed by atoms with Gasteiger partial charge in [-0.1, -0.05) is 12.1 Å². The maximum Gasteiger partial charge on any atom is 0.361 e. The molecule has 1 aliphatic rings. The zero-order chi connectivity index (χ0) is 8.67. The monoisotopic (exact) mass is 280 g/mol. The highest BCUT2D eigenvalue weighted by molar-refractivity contribution is 5.59. The van der Waals surface area contributed by atoms with Gasteiger partial charge in [-0.05, 0) is 24.3 Å². The van der Waals surface area contributed by atoms with E-state index in [0.29, 0.717) is 0 Å². The summed E-state index contributed by atoms with van der Waals surface area (Å²) in [5, 5.41) is 0. The molecular weight excluding hydrogens is 273 g/mol. The first-order chi connectivity index (χ1) is 6.45.